The SMILES string of the molecule is O=C1NCCc2nc3nc[nH]c(=O)c3cc21. The zero-order valence-electron chi connectivity index (χ0n) is 8.28. The van der Waals surface area contributed by atoms with E-state index in [-0.39, 0.29) is 11.5 Å². The summed E-state index contributed by atoms with van der Waals surface area (Å²) < 4.78 is 0. The monoisotopic (exact) mass is 216 g/mol. The molecule has 3 rings (SSSR count). The first kappa shape index (κ1) is 9.02. The molecule has 0 bridgehead atoms. The summed E-state index contributed by atoms with van der Waals surface area (Å²) in [6.45, 7) is 0.577. The van der Waals surface area contributed by atoms with E-state index in [1.165, 1.54) is 6.33 Å². The molecule has 1 aliphatic heterocycles. The van der Waals surface area contributed by atoms with E-state index in [9.17, 15) is 9.59 Å². The molecule has 0 unspecified atom stereocenters. The van der Waals surface area contributed by atoms with Crippen LogP contribution in [-0.4, -0.2) is 27.4 Å². The molecule has 3 heterocycles. The third kappa shape index (κ3) is 1.19. The number of hydrogen-bond donors (Lipinski definition) is 2. The van der Waals surface area contributed by atoms with E-state index in [4.69, 9.17) is 0 Å². The Labute approximate surface area is 89.7 Å². The normalized spacial score (nSPS) is 14.6. The highest BCUT2D eigenvalue weighted by Gasteiger charge is 2.19. The van der Waals surface area contributed by atoms with Gasteiger partial charge in [-0.2, -0.15) is 0 Å². The van der Waals surface area contributed by atoms with E-state index in [2.05, 4.69) is 20.3 Å². The Hall–Kier alpha value is -2.24. The van der Waals surface area contributed by atoms with Crippen molar-refractivity contribution in [2.24, 2.45) is 0 Å². The summed E-state index contributed by atoms with van der Waals surface area (Å²) in [5.74, 6) is -0.182. The van der Waals surface area contributed by atoms with Crippen molar-refractivity contribution in [2.75, 3.05) is 6.54 Å². The van der Waals surface area contributed by atoms with Gasteiger partial charge in [0.2, 0.25) is 0 Å². The van der Waals surface area contributed by atoms with Crippen LogP contribution in [0.25, 0.3) is 11.0 Å². The van der Waals surface area contributed by atoms with Crippen molar-refractivity contribution in [2.45, 2.75) is 6.42 Å². The molecule has 80 valence electrons. The molecule has 16 heavy (non-hydrogen) atoms. The molecule has 6 nitrogen and oxygen atoms in total. The van der Waals surface area contributed by atoms with Gasteiger partial charge in [-0.15, -0.1) is 0 Å². The van der Waals surface area contributed by atoms with E-state index >= 15 is 0 Å². The lowest BCUT2D eigenvalue weighted by molar-refractivity contribution is 0.0945. The zero-order valence-corrected chi connectivity index (χ0v) is 8.28. The second-order valence-electron chi connectivity index (χ2n) is 3.59. The molecular formula is C10H8N4O2. The minimum absolute atomic E-state index is 0.182. The van der Waals surface area contributed by atoms with Gasteiger partial charge in [-0.25, -0.2) is 9.97 Å². The zero-order chi connectivity index (χ0) is 11.1. The van der Waals surface area contributed by atoms with Crippen LogP contribution in [0.3, 0.4) is 0 Å². The van der Waals surface area contributed by atoms with Crippen molar-refractivity contribution in [1.82, 2.24) is 20.3 Å². The van der Waals surface area contributed by atoms with Gasteiger partial charge in [0, 0.05) is 13.0 Å². The number of aromatic amines is 1. The minimum atomic E-state index is -0.279. The van der Waals surface area contributed by atoms with E-state index in [0.717, 1.165) is 0 Å². The molecule has 0 radical (unpaired) electrons. The Morgan fingerprint density at radius 2 is 2.19 bits per heavy atom. The van der Waals surface area contributed by atoms with Gasteiger partial charge in [-0.1, -0.05) is 0 Å². The van der Waals surface area contributed by atoms with Crippen molar-refractivity contribution in [3.63, 3.8) is 0 Å². The summed E-state index contributed by atoms with van der Waals surface area (Å²) in [6.07, 6.45) is 1.98. The number of H-pyrrole nitrogens is 1. The van der Waals surface area contributed by atoms with Crippen LogP contribution < -0.4 is 10.9 Å². The van der Waals surface area contributed by atoms with Gasteiger partial charge in [-0.3, -0.25) is 9.59 Å². The van der Waals surface area contributed by atoms with Crippen LogP contribution in [0, 0.1) is 0 Å². The molecule has 0 aliphatic carbocycles. The first-order valence-corrected chi connectivity index (χ1v) is 4.91. The third-order valence-electron chi connectivity index (χ3n) is 2.60. The number of carbonyl (C=O) groups is 1. The number of hydrogen-bond acceptors (Lipinski definition) is 4. The minimum Gasteiger partial charge on any atom is -0.352 e. The Morgan fingerprint density at radius 3 is 3.06 bits per heavy atom. The van der Waals surface area contributed by atoms with Gasteiger partial charge in [0.25, 0.3) is 11.5 Å². The highest BCUT2D eigenvalue weighted by molar-refractivity contribution is 5.98. The lowest BCUT2D eigenvalue weighted by Gasteiger charge is -2.15. The van der Waals surface area contributed by atoms with Crippen molar-refractivity contribution in [3.8, 4) is 0 Å². The molecule has 2 aromatic heterocycles. The number of pyridine rings is 1. The molecule has 0 saturated carbocycles. The fourth-order valence-electron chi connectivity index (χ4n) is 1.81. The van der Waals surface area contributed by atoms with Crippen molar-refractivity contribution < 1.29 is 4.79 Å². The Balaban J connectivity index is 2.39. The van der Waals surface area contributed by atoms with Crippen LogP contribution in [0.5, 0.6) is 0 Å². The molecule has 0 saturated heterocycles. The fourth-order valence-corrected chi connectivity index (χ4v) is 1.81. The second kappa shape index (κ2) is 3.13. The molecular weight excluding hydrogens is 208 g/mol. The fraction of sp³-hybridized carbons (Fsp3) is 0.200. The number of rotatable bonds is 0. The van der Waals surface area contributed by atoms with Gasteiger partial charge in [0.1, 0.15) is 0 Å². The van der Waals surface area contributed by atoms with Gasteiger partial charge in [-0.05, 0) is 6.07 Å². The molecule has 0 fully saturated rings. The summed E-state index contributed by atoms with van der Waals surface area (Å²) >= 11 is 0. The smallest absolute Gasteiger partial charge is 0.260 e. The Morgan fingerprint density at radius 1 is 1.31 bits per heavy atom. The summed E-state index contributed by atoms with van der Waals surface area (Å²) in [5, 5.41) is 3.06. The van der Waals surface area contributed by atoms with Crippen LogP contribution in [0.15, 0.2) is 17.2 Å². The van der Waals surface area contributed by atoms with Crippen molar-refractivity contribution >= 4 is 16.9 Å². The van der Waals surface area contributed by atoms with Crippen LogP contribution in [-0.2, 0) is 6.42 Å². The molecule has 1 aliphatic rings. The van der Waals surface area contributed by atoms with E-state index in [1.54, 1.807) is 6.07 Å². The number of fused-ring (bicyclic) bond motifs is 2. The number of nitrogens with zero attached hydrogens (tertiary/aromatic N) is 2. The third-order valence-corrected chi connectivity index (χ3v) is 2.60. The van der Waals surface area contributed by atoms with Gasteiger partial charge in [0.15, 0.2) is 5.65 Å². The second-order valence-corrected chi connectivity index (χ2v) is 3.59. The highest BCUT2D eigenvalue weighted by Crippen LogP contribution is 2.15. The van der Waals surface area contributed by atoms with Crippen molar-refractivity contribution in [3.05, 3.63) is 34.0 Å². The Bertz CT molecular complexity index is 647. The predicted molar refractivity (Wildman–Crippen MR) is 56.2 cm³/mol. The van der Waals surface area contributed by atoms with Gasteiger partial charge < -0.3 is 10.3 Å². The van der Waals surface area contributed by atoms with E-state index in [1.807, 2.05) is 0 Å². The highest BCUT2D eigenvalue weighted by atomic mass is 16.1. The predicted octanol–water partition coefficient (Wildman–Crippen LogP) is -0.396. The van der Waals surface area contributed by atoms with E-state index in [0.29, 0.717) is 35.3 Å². The van der Waals surface area contributed by atoms with Crippen LogP contribution in [0.2, 0.25) is 0 Å². The summed E-state index contributed by atoms with van der Waals surface area (Å²) in [6, 6.07) is 1.55. The molecule has 0 aromatic carbocycles. The summed E-state index contributed by atoms with van der Waals surface area (Å²) in [7, 11) is 0. The molecule has 2 N–H and O–H groups in total. The average molecular weight is 216 g/mol. The quantitative estimate of drug-likeness (QED) is 0.627. The average Bonchev–Trinajstić information content (AvgIpc) is 2.28. The summed E-state index contributed by atoms with van der Waals surface area (Å²) in [5.41, 5.74) is 1.28. The van der Waals surface area contributed by atoms with Crippen LogP contribution >= 0.6 is 0 Å². The number of carbonyl (C=O) groups excluding carboxylic acids is 1. The summed E-state index contributed by atoms with van der Waals surface area (Å²) in [4.78, 5) is 33.7. The van der Waals surface area contributed by atoms with Gasteiger partial charge >= 0.3 is 0 Å². The molecule has 0 spiro atoms. The van der Waals surface area contributed by atoms with Gasteiger partial charge in [0.05, 0.1) is 23.0 Å². The number of nitrogens with one attached hydrogen (secondary N) is 2. The number of amides is 1. The maximum absolute atomic E-state index is 11.6. The topological polar surface area (TPSA) is 87.7 Å². The molecule has 2 aromatic rings. The Kier molecular flexibility index (Phi) is 1.76. The van der Waals surface area contributed by atoms with Crippen molar-refractivity contribution in [1.29, 1.82) is 0 Å². The maximum atomic E-state index is 11.6. The molecule has 1 amide bonds. The molecule has 0 atom stereocenters. The maximum Gasteiger partial charge on any atom is 0.260 e. The lowest BCUT2D eigenvalue weighted by Crippen LogP contribution is -2.32. The van der Waals surface area contributed by atoms with Crippen LogP contribution in [0.1, 0.15) is 16.1 Å². The van der Waals surface area contributed by atoms with Crippen LogP contribution in [0.4, 0.5) is 0 Å². The molecule has 6 heteroatoms. The largest absolute Gasteiger partial charge is 0.352 e. The first-order chi connectivity index (χ1) is 7.75. The first-order valence-electron chi connectivity index (χ1n) is 4.91. The number of aromatic nitrogens is 3. The lowest BCUT2D eigenvalue weighted by atomic mass is 10.1. The standard InChI is InChI=1S/C10H8N4O2/c15-9-5-3-6-8(12-4-13-10(6)16)14-7(5)1-2-11-9/h3-4H,1-2H2,(H,11,15)(H,12,13,14,16). The van der Waals surface area contributed by atoms with E-state index < -0.39 is 0 Å².